The number of aldehydes is 1. The first-order valence-electron chi connectivity index (χ1n) is 10.6. The van der Waals surface area contributed by atoms with Gasteiger partial charge in [-0.1, -0.05) is 35.9 Å². The van der Waals surface area contributed by atoms with Gasteiger partial charge < -0.3 is 9.69 Å². The van der Waals surface area contributed by atoms with Crippen molar-refractivity contribution in [1.82, 2.24) is 10.2 Å². The quantitative estimate of drug-likeness (QED) is 0.525. The number of carbonyl (C=O) groups excluding carboxylic acids is 3. The molecule has 3 atom stereocenters. The number of likely N-dealkylation sites (tertiary alicyclic amines) is 1. The van der Waals surface area contributed by atoms with Crippen LogP contribution in [0, 0.1) is 0 Å². The van der Waals surface area contributed by atoms with E-state index >= 15 is 0 Å². The summed E-state index contributed by atoms with van der Waals surface area (Å²) in [6.45, 7) is 0.659. The van der Waals surface area contributed by atoms with Gasteiger partial charge in [0, 0.05) is 18.8 Å². The molecule has 1 aliphatic carbocycles. The van der Waals surface area contributed by atoms with Crippen LogP contribution in [0.2, 0.25) is 0 Å². The van der Waals surface area contributed by atoms with Gasteiger partial charge in [-0.15, -0.1) is 11.8 Å². The lowest BCUT2D eigenvalue weighted by Crippen LogP contribution is -2.47. The molecule has 4 rings (SSSR count). The molecule has 2 heterocycles. The molecule has 0 aromatic heterocycles. The van der Waals surface area contributed by atoms with E-state index in [4.69, 9.17) is 0 Å². The third-order valence-electron chi connectivity index (χ3n) is 6.21. The summed E-state index contributed by atoms with van der Waals surface area (Å²) >= 11 is 1.48. The van der Waals surface area contributed by atoms with Gasteiger partial charge in [0.05, 0.1) is 17.3 Å². The van der Waals surface area contributed by atoms with Crippen molar-refractivity contribution < 1.29 is 14.4 Å². The molecule has 154 valence electrons. The van der Waals surface area contributed by atoms with Crippen molar-refractivity contribution in [3.8, 4) is 0 Å². The molecule has 3 aliphatic rings. The fourth-order valence-corrected chi connectivity index (χ4v) is 5.82. The Morgan fingerprint density at radius 1 is 1.24 bits per heavy atom. The number of hydrogen-bond acceptors (Lipinski definition) is 5. The van der Waals surface area contributed by atoms with Gasteiger partial charge in [0.15, 0.2) is 5.78 Å². The molecule has 1 unspecified atom stereocenters. The zero-order valence-corrected chi connectivity index (χ0v) is 17.5. The van der Waals surface area contributed by atoms with E-state index in [1.807, 2.05) is 0 Å². The number of carbonyl (C=O) groups is 3. The predicted octanol–water partition coefficient (Wildman–Crippen LogP) is 2.98. The highest BCUT2D eigenvalue weighted by molar-refractivity contribution is 8.00. The summed E-state index contributed by atoms with van der Waals surface area (Å²) in [5.74, 6) is 0.736. The van der Waals surface area contributed by atoms with Crippen molar-refractivity contribution in [3.05, 3.63) is 41.0 Å². The van der Waals surface area contributed by atoms with Gasteiger partial charge in [0.1, 0.15) is 6.29 Å². The number of thioether (sulfide) groups is 1. The van der Waals surface area contributed by atoms with Crippen LogP contribution in [-0.2, 0) is 20.8 Å². The van der Waals surface area contributed by atoms with Gasteiger partial charge in [-0.2, -0.15) is 0 Å². The molecule has 6 heteroatoms. The van der Waals surface area contributed by atoms with Crippen molar-refractivity contribution >= 4 is 35.8 Å². The first-order chi connectivity index (χ1) is 14.2. The Labute approximate surface area is 176 Å². The van der Waals surface area contributed by atoms with E-state index in [9.17, 15) is 14.4 Å². The highest BCUT2D eigenvalue weighted by atomic mass is 32.2. The molecule has 29 heavy (non-hydrogen) atoms. The predicted molar refractivity (Wildman–Crippen MR) is 116 cm³/mol. The molecular weight excluding hydrogens is 384 g/mol. The summed E-state index contributed by atoms with van der Waals surface area (Å²) in [5.41, 5.74) is 4.16. The number of amides is 1. The molecule has 2 fully saturated rings. The minimum atomic E-state index is -0.422. The lowest BCUT2D eigenvalue weighted by atomic mass is 10.0. The van der Waals surface area contributed by atoms with Crippen molar-refractivity contribution in [2.45, 2.75) is 62.3 Å². The van der Waals surface area contributed by atoms with Crippen LogP contribution in [0.15, 0.2) is 29.8 Å². The number of rotatable bonds is 8. The fraction of sp³-hybridized carbons (Fsp3) is 0.522. The molecule has 0 bridgehead atoms. The Kier molecular flexibility index (Phi) is 6.50. The van der Waals surface area contributed by atoms with Crippen LogP contribution in [0.5, 0.6) is 0 Å². The van der Waals surface area contributed by atoms with Gasteiger partial charge in [0.25, 0.3) is 0 Å². The maximum absolute atomic E-state index is 12.9. The Hall–Kier alpha value is -1.92. The number of nitrogens with one attached hydrogen (secondary N) is 1. The van der Waals surface area contributed by atoms with Crippen LogP contribution in [-0.4, -0.2) is 52.6 Å². The van der Waals surface area contributed by atoms with Crippen LogP contribution in [0.4, 0.5) is 0 Å². The SMILES string of the molecule is O=C[C@H]1NCSC1C(=O)[C@@H]1CCCN1C(=O)CCCCC1=Cc2ccccc2C1. The molecule has 0 radical (unpaired) electrons. The maximum Gasteiger partial charge on any atom is 0.223 e. The molecule has 5 nitrogen and oxygen atoms in total. The van der Waals surface area contributed by atoms with E-state index in [1.165, 1.54) is 28.5 Å². The number of unbranched alkanes of at least 4 members (excludes halogenated alkanes) is 1. The Bertz CT molecular complexity index is 822. The summed E-state index contributed by atoms with van der Waals surface area (Å²) in [5, 5.41) is 2.69. The second kappa shape index (κ2) is 9.26. The average Bonchev–Trinajstić information content (AvgIpc) is 3.48. The number of ketones is 1. The minimum Gasteiger partial charge on any atom is -0.333 e. The number of hydrogen-bond donors (Lipinski definition) is 1. The van der Waals surface area contributed by atoms with Crippen LogP contribution < -0.4 is 5.32 Å². The van der Waals surface area contributed by atoms with E-state index in [1.54, 1.807) is 4.90 Å². The molecule has 2 saturated heterocycles. The highest BCUT2D eigenvalue weighted by Crippen LogP contribution is 2.30. The van der Waals surface area contributed by atoms with Crippen molar-refractivity contribution in [1.29, 1.82) is 0 Å². The summed E-state index contributed by atoms with van der Waals surface area (Å²) < 4.78 is 0. The topological polar surface area (TPSA) is 66.5 Å². The minimum absolute atomic E-state index is 0.0387. The van der Waals surface area contributed by atoms with Crippen molar-refractivity contribution in [3.63, 3.8) is 0 Å². The summed E-state index contributed by atoms with van der Waals surface area (Å²) in [6.07, 6.45) is 9.07. The molecule has 0 saturated carbocycles. The number of benzene rings is 1. The van der Waals surface area contributed by atoms with Gasteiger partial charge in [-0.3, -0.25) is 14.9 Å². The van der Waals surface area contributed by atoms with Crippen LogP contribution in [0.1, 0.15) is 49.7 Å². The standard InChI is InChI=1S/C23H28N2O3S/c26-14-19-23(29-15-24-19)22(28)20-9-5-11-25(20)21(27)10-4-1-6-16-12-17-7-2-3-8-18(17)13-16/h2-3,7-8,12,14,19-20,23-24H,1,4-6,9-11,13,15H2/t19-,20+,23?/m1/s1. The summed E-state index contributed by atoms with van der Waals surface area (Å²) in [7, 11) is 0. The van der Waals surface area contributed by atoms with E-state index in [-0.39, 0.29) is 23.0 Å². The summed E-state index contributed by atoms with van der Waals surface area (Å²) in [4.78, 5) is 38.7. The van der Waals surface area contributed by atoms with Gasteiger partial charge in [0.2, 0.25) is 5.91 Å². The van der Waals surface area contributed by atoms with Crippen LogP contribution in [0.3, 0.4) is 0 Å². The lowest BCUT2D eigenvalue weighted by molar-refractivity contribution is -0.137. The van der Waals surface area contributed by atoms with Crippen LogP contribution >= 0.6 is 11.8 Å². The fourth-order valence-electron chi connectivity index (χ4n) is 4.66. The maximum atomic E-state index is 12.9. The number of fused-ring (bicyclic) bond motifs is 1. The molecule has 1 aromatic carbocycles. The van der Waals surface area contributed by atoms with E-state index in [0.29, 0.717) is 18.8 Å². The third kappa shape index (κ3) is 4.48. The summed E-state index contributed by atoms with van der Waals surface area (Å²) in [6, 6.07) is 7.72. The Morgan fingerprint density at radius 3 is 2.93 bits per heavy atom. The first-order valence-corrected chi connectivity index (χ1v) is 11.6. The molecule has 0 spiro atoms. The first kappa shape index (κ1) is 20.4. The monoisotopic (exact) mass is 412 g/mol. The zero-order valence-electron chi connectivity index (χ0n) is 16.6. The van der Waals surface area contributed by atoms with Crippen LogP contribution in [0.25, 0.3) is 6.08 Å². The number of nitrogens with zero attached hydrogens (tertiary/aromatic N) is 1. The van der Waals surface area contributed by atoms with E-state index in [2.05, 4.69) is 35.7 Å². The number of allylic oxidation sites excluding steroid dienone is 1. The smallest absolute Gasteiger partial charge is 0.223 e. The molecular formula is C23H28N2O3S. The third-order valence-corrected chi connectivity index (χ3v) is 7.43. The molecule has 1 aromatic rings. The molecule has 2 aliphatic heterocycles. The average molecular weight is 413 g/mol. The Morgan fingerprint density at radius 2 is 2.10 bits per heavy atom. The van der Waals surface area contributed by atoms with E-state index in [0.717, 1.165) is 44.8 Å². The largest absolute Gasteiger partial charge is 0.333 e. The molecule has 1 amide bonds. The zero-order chi connectivity index (χ0) is 20.2. The van der Waals surface area contributed by atoms with Crippen molar-refractivity contribution in [2.24, 2.45) is 0 Å². The normalized spacial score (nSPS) is 25.7. The van der Waals surface area contributed by atoms with E-state index < -0.39 is 6.04 Å². The Balaban J connectivity index is 1.24. The van der Waals surface area contributed by atoms with Gasteiger partial charge in [-0.05, 0) is 49.7 Å². The van der Waals surface area contributed by atoms with Gasteiger partial charge in [-0.25, -0.2) is 0 Å². The second-order valence-corrected chi connectivity index (χ2v) is 9.26. The highest BCUT2D eigenvalue weighted by Gasteiger charge is 2.42. The molecule has 1 N–H and O–H groups in total. The second-order valence-electron chi connectivity index (χ2n) is 8.13. The lowest BCUT2D eigenvalue weighted by Gasteiger charge is -2.26. The van der Waals surface area contributed by atoms with Gasteiger partial charge >= 0.3 is 0 Å². The van der Waals surface area contributed by atoms with Crippen molar-refractivity contribution in [2.75, 3.05) is 12.4 Å². The number of Topliss-reactive ketones (excluding diaryl/α,β-unsaturated/α-hetero) is 1.